The van der Waals surface area contributed by atoms with Gasteiger partial charge in [0.2, 0.25) is 0 Å². The van der Waals surface area contributed by atoms with Crippen LogP contribution in [0.3, 0.4) is 0 Å². The quantitative estimate of drug-likeness (QED) is 0.453. The first-order valence-corrected chi connectivity index (χ1v) is 6.00. The molecule has 0 saturated heterocycles. The highest BCUT2D eigenvalue weighted by Crippen LogP contribution is 2.41. The van der Waals surface area contributed by atoms with Crippen LogP contribution in [0.2, 0.25) is 0 Å². The predicted molar refractivity (Wildman–Crippen MR) is 68.8 cm³/mol. The first-order valence-electron chi connectivity index (χ1n) is 6.00. The van der Waals surface area contributed by atoms with Crippen molar-refractivity contribution in [3.05, 3.63) is 36.0 Å². The van der Waals surface area contributed by atoms with Gasteiger partial charge in [0, 0.05) is 5.92 Å². The lowest BCUT2D eigenvalue weighted by Crippen LogP contribution is -2.26. The second kappa shape index (κ2) is 4.83. The first kappa shape index (κ1) is 12.3. The summed E-state index contributed by atoms with van der Waals surface area (Å²) >= 11 is 0. The summed E-state index contributed by atoms with van der Waals surface area (Å²) in [4.78, 5) is 0. The van der Waals surface area contributed by atoms with Gasteiger partial charge in [-0.2, -0.15) is 0 Å². The van der Waals surface area contributed by atoms with E-state index in [1.165, 1.54) is 24.0 Å². The van der Waals surface area contributed by atoms with E-state index in [1.807, 2.05) is 0 Å². The molecule has 0 saturated carbocycles. The monoisotopic (exact) mass is 204 g/mol. The van der Waals surface area contributed by atoms with Crippen LogP contribution >= 0.6 is 0 Å². The van der Waals surface area contributed by atoms with Crippen LogP contribution in [0.25, 0.3) is 0 Å². The van der Waals surface area contributed by atoms with Gasteiger partial charge in [0.1, 0.15) is 0 Å². The lowest BCUT2D eigenvalue weighted by Gasteiger charge is -2.36. The van der Waals surface area contributed by atoms with Crippen molar-refractivity contribution in [2.24, 2.45) is 11.3 Å². The lowest BCUT2D eigenvalue weighted by atomic mass is 9.68. The average molecular weight is 204 g/mol. The standard InChI is InChI=1S/C15H24/c1-6-12(2)9-10-14-13(3)8-7-11-15(14,4)5/h8-10,14H,2,6-7,11H2,1,3-5H3/b10-9+. The number of rotatable bonds is 3. The van der Waals surface area contributed by atoms with Gasteiger partial charge in [-0.05, 0) is 31.6 Å². The maximum absolute atomic E-state index is 4.02. The van der Waals surface area contributed by atoms with E-state index in [2.05, 4.69) is 52.5 Å². The molecule has 0 heteroatoms. The van der Waals surface area contributed by atoms with Gasteiger partial charge in [-0.25, -0.2) is 0 Å². The minimum atomic E-state index is 0.406. The van der Waals surface area contributed by atoms with Crippen molar-refractivity contribution in [3.63, 3.8) is 0 Å². The molecule has 0 aromatic rings. The second-order valence-electron chi connectivity index (χ2n) is 5.32. The Bertz CT molecular complexity index is 289. The van der Waals surface area contributed by atoms with Crippen LogP contribution in [0.15, 0.2) is 36.0 Å². The molecule has 0 fully saturated rings. The fourth-order valence-electron chi connectivity index (χ4n) is 2.33. The van der Waals surface area contributed by atoms with Crippen LogP contribution in [0.4, 0.5) is 0 Å². The smallest absolute Gasteiger partial charge is 0.00285 e. The topological polar surface area (TPSA) is 0 Å². The third kappa shape index (κ3) is 3.09. The molecular formula is C15H24. The van der Waals surface area contributed by atoms with Crippen molar-refractivity contribution in [1.82, 2.24) is 0 Å². The van der Waals surface area contributed by atoms with E-state index in [-0.39, 0.29) is 0 Å². The predicted octanol–water partition coefficient (Wildman–Crippen LogP) is 4.89. The zero-order valence-corrected chi connectivity index (χ0v) is 10.6. The Balaban J connectivity index is 2.81. The maximum Gasteiger partial charge on any atom is 0.00285 e. The molecule has 1 aliphatic carbocycles. The third-order valence-electron chi connectivity index (χ3n) is 3.57. The Morgan fingerprint density at radius 1 is 1.60 bits per heavy atom. The van der Waals surface area contributed by atoms with Crippen molar-refractivity contribution in [1.29, 1.82) is 0 Å². The van der Waals surface area contributed by atoms with Gasteiger partial charge in [-0.3, -0.25) is 0 Å². The Labute approximate surface area is 94.8 Å². The van der Waals surface area contributed by atoms with Gasteiger partial charge in [0.25, 0.3) is 0 Å². The molecule has 0 nitrogen and oxygen atoms in total. The van der Waals surface area contributed by atoms with Crippen molar-refractivity contribution >= 4 is 0 Å². The van der Waals surface area contributed by atoms with E-state index in [4.69, 9.17) is 0 Å². The average Bonchev–Trinajstić information content (AvgIpc) is 2.15. The van der Waals surface area contributed by atoms with E-state index >= 15 is 0 Å². The van der Waals surface area contributed by atoms with Crippen molar-refractivity contribution in [3.8, 4) is 0 Å². The van der Waals surface area contributed by atoms with Crippen LogP contribution in [-0.4, -0.2) is 0 Å². The molecule has 0 heterocycles. The van der Waals surface area contributed by atoms with E-state index in [1.54, 1.807) is 0 Å². The normalized spacial score (nSPS) is 25.3. The van der Waals surface area contributed by atoms with Crippen molar-refractivity contribution in [2.75, 3.05) is 0 Å². The van der Waals surface area contributed by atoms with Crippen LogP contribution < -0.4 is 0 Å². The van der Waals surface area contributed by atoms with Gasteiger partial charge in [0.15, 0.2) is 0 Å². The van der Waals surface area contributed by atoms with Gasteiger partial charge in [-0.15, -0.1) is 0 Å². The Morgan fingerprint density at radius 3 is 2.80 bits per heavy atom. The van der Waals surface area contributed by atoms with E-state index in [0.29, 0.717) is 11.3 Å². The molecule has 0 amide bonds. The molecule has 0 aliphatic heterocycles. The zero-order valence-electron chi connectivity index (χ0n) is 10.6. The van der Waals surface area contributed by atoms with Crippen molar-refractivity contribution < 1.29 is 0 Å². The summed E-state index contributed by atoms with van der Waals surface area (Å²) in [5, 5.41) is 0. The fraction of sp³-hybridized carbons (Fsp3) is 0.600. The summed E-state index contributed by atoms with van der Waals surface area (Å²) < 4.78 is 0. The van der Waals surface area contributed by atoms with E-state index in [0.717, 1.165) is 6.42 Å². The summed E-state index contributed by atoms with van der Waals surface area (Å²) in [7, 11) is 0. The number of allylic oxidation sites excluding steroid dienone is 5. The molecule has 1 aliphatic rings. The molecule has 15 heavy (non-hydrogen) atoms. The Morgan fingerprint density at radius 2 is 2.27 bits per heavy atom. The minimum absolute atomic E-state index is 0.406. The van der Waals surface area contributed by atoms with Crippen molar-refractivity contribution in [2.45, 2.75) is 47.0 Å². The molecule has 0 N–H and O–H groups in total. The van der Waals surface area contributed by atoms with Gasteiger partial charge in [0.05, 0.1) is 0 Å². The molecule has 0 aromatic carbocycles. The highest BCUT2D eigenvalue weighted by atomic mass is 14.3. The SMILES string of the molecule is C=C(/C=C/C1C(C)=CCCC1(C)C)CC. The molecule has 0 bridgehead atoms. The van der Waals surface area contributed by atoms with E-state index in [9.17, 15) is 0 Å². The van der Waals surface area contributed by atoms with Crippen LogP contribution in [0, 0.1) is 11.3 Å². The molecule has 0 radical (unpaired) electrons. The largest absolute Gasteiger partial charge is 0.0959 e. The van der Waals surface area contributed by atoms with Crippen LogP contribution in [0.5, 0.6) is 0 Å². The molecule has 0 aromatic heterocycles. The summed E-state index contributed by atoms with van der Waals surface area (Å²) in [6.45, 7) is 13.2. The summed E-state index contributed by atoms with van der Waals surface area (Å²) in [6.07, 6.45) is 10.5. The van der Waals surface area contributed by atoms with Crippen LogP contribution in [-0.2, 0) is 0 Å². The van der Waals surface area contributed by atoms with Gasteiger partial charge < -0.3 is 0 Å². The molecule has 84 valence electrons. The van der Waals surface area contributed by atoms with E-state index < -0.39 is 0 Å². The molecule has 0 spiro atoms. The summed E-state index contributed by atoms with van der Waals surface area (Å²) in [5.74, 6) is 0.592. The highest BCUT2D eigenvalue weighted by Gasteiger charge is 2.30. The maximum atomic E-state index is 4.02. The highest BCUT2D eigenvalue weighted by molar-refractivity contribution is 5.23. The third-order valence-corrected chi connectivity index (χ3v) is 3.57. The summed E-state index contributed by atoms with van der Waals surface area (Å²) in [5.41, 5.74) is 3.15. The first-order chi connectivity index (χ1) is 6.97. The van der Waals surface area contributed by atoms with Crippen LogP contribution in [0.1, 0.15) is 47.0 Å². The Hall–Kier alpha value is -0.780. The fourth-order valence-corrected chi connectivity index (χ4v) is 2.33. The summed E-state index contributed by atoms with van der Waals surface area (Å²) in [6, 6.07) is 0. The lowest BCUT2D eigenvalue weighted by molar-refractivity contribution is 0.255. The Kier molecular flexibility index (Phi) is 3.96. The zero-order chi connectivity index (χ0) is 11.5. The number of hydrogen-bond acceptors (Lipinski definition) is 0. The van der Waals surface area contributed by atoms with Gasteiger partial charge >= 0.3 is 0 Å². The second-order valence-corrected chi connectivity index (χ2v) is 5.32. The molecular weight excluding hydrogens is 180 g/mol. The minimum Gasteiger partial charge on any atom is -0.0959 e. The molecule has 1 unspecified atom stereocenters. The van der Waals surface area contributed by atoms with Gasteiger partial charge in [-0.1, -0.05) is 56.7 Å². The molecule has 1 rings (SSSR count). The number of hydrogen-bond donors (Lipinski definition) is 0. The molecule has 1 atom stereocenters.